The number of rotatable bonds is 6. The van der Waals surface area contributed by atoms with Crippen LogP contribution in [0.3, 0.4) is 0 Å². The summed E-state index contributed by atoms with van der Waals surface area (Å²) in [5.41, 5.74) is 2.03. The smallest absolute Gasteiger partial charge is 0.238 e. The number of nitrogens with one attached hydrogen (secondary N) is 1. The minimum absolute atomic E-state index is 0.119. The molecule has 7 heteroatoms. The number of nitrogens with zero attached hydrogens (tertiary/aromatic N) is 2. The maximum atomic E-state index is 11.1. The molecule has 1 aromatic heterocycles. The van der Waals surface area contributed by atoms with Crippen LogP contribution >= 0.6 is 0 Å². The Kier molecular flexibility index (Phi) is 4.33. The van der Waals surface area contributed by atoms with Gasteiger partial charge in [-0.25, -0.2) is 18.2 Å². The number of hydrogen-bond donors (Lipinski definition) is 2. The molecular formula is C13H16N4O2S. The van der Waals surface area contributed by atoms with Crippen molar-refractivity contribution < 1.29 is 8.42 Å². The number of nitrogens with two attached hydrogens (primary N) is 1. The van der Waals surface area contributed by atoms with Gasteiger partial charge in [0.15, 0.2) is 0 Å². The monoisotopic (exact) mass is 292 g/mol. The molecule has 0 aliphatic heterocycles. The fraction of sp³-hybridized carbons (Fsp3) is 0.154. The Labute approximate surface area is 118 Å². The van der Waals surface area contributed by atoms with Gasteiger partial charge in [0, 0.05) is 31.0 Å². The predicted molar refractivity (Wildman–Crippen MR) is 77.0 cm³/mol. The van der Waals surface area contributed by atoms with Gasteiger partial charge in [0.2, 0.25) is 10.0 Å². The number of sulfonamides is 1. The molecule has 0 fully saturated rings. The topological polar surface area (TPSA) is 90.0 Å². The van der Waals surface area contributed by atoms with Crippen molar-refractivity contribution in [3.63, 3.8) is 0 Å². The minimum atomic E-state index is -3.62. The SMILES string of the molecule is C=Cn1cc(CNCc2ccc(S(N)(=O)=O)cc2)cn1. The Hall–Kier alpha value is -1.96. The zero-order valence-electron chi connectivity index (χ0n) is 10.9. The van der Waals surface area contributed by atoms with E-state index in [0.29, 0.717) is 13.1 Å². The van der Waals surface area contributed by atoms with Crippen LogP contribution in [0.25, 0.3) is 6.20 Å². The van der Waals surface area contributed by atoms with E-state index in [1.54, 1.807) is 29.2 Å². The van der Waals surface area contributed by atoms with Crippen LogP contribution in [0, 0.1) is 0 Å². The van der Waals surface area contributed by atoms with E-state index in [-0.39, 0.29) is 4.90 Å². The fourth-order valence-corrected chi connectivity index (χ4v) is 2.23. The van der Waals surface area contributed by atoms with Gasteiger partial charge in [0.1, 0.15) is 0 Å². The molecule has 0 unspecified atom stereocenters. The first-order chi connectivity index (χ1) is 9.49. The van der Waals surface area contributed by atoms with Crippen molar-refractivity contribution in [3.05, 3.63) is 54.4 Å². The highest BCUT2D eigenvalue weighted by atomic mass is 32.2. The van der Waals surface area contributed by atoms with Crippen LogP contribution < -0.4 is 10.5 Å². The molecule has 2 rings (SSSR count). The van der Waals surface area contributed by atoms with Gasteiger partial charge in [0.25, 0.3) is 0 Å². The van der Waals surface area contributed by atoms with Crippen LogP contribution in [0.2, 0.25) is 0 Å². The van der Waals surface area contributed by atoms with Crippen molar-refractivity contribution in [1.82, 2.24) is 15.1 Å². The van der Waals surface area contributed by atoms with E-state index in [1.807, 2.05) is 6.20 Å². The molecule has 1 aromatic carbocycles. The highest BCUT2D eigenvalue weighted by Crippen LogP contribution is 2.08. The summed E-state index contributed by atoms with van der Waals surface area (Å²) in [6, 6.07) is 6.48. The molecule has 0 atom stereocenters. The molecule has 0 saturated carbocycles. The van der Waals surface area contributed by atoms with Crippen molar-refractivity contribution in [3.8, 4) is 0 Å². The zero-order valence-corrected chi connectivity index (χ0v) is 11.7. The van der Waals surface area contributed by atoms with Gasteiger partial charge in [-0.3, -0.25) is 0 Å². The lowest BCUT2D eigenvalue weighted by atomic mass is 10.2. The molecule has 0 spiro atoms. The molecule has 0 bridgehead atoms. The van der Waals surface area contributed by atoms with Crippen LogP contribution in [0.15, 0.2) is 48.1 Å². The van der Waals surface area contributed by atoms with Gasteiger partial charge in [-0.2, -0.15) is 5.10 Å². The maximum Gasteiger partial charge on any atom is 0.238 e. The third-order valence-electron chi connectivity index (χ3n) is 2.75. The average molecular weight is 292 g/mol. The van der Waals surface area contributed by atoms with Gasteiger partial charge in [-0.15, -0.1) is 0 Å². The third-order valence-corrected chi connectivity index (χ3v) is 3.68. The Bertz CT molecular complexity index is 689. The summed E-state index contributed by atoms with van der Waals surface area (Å²) < 4.78 is 23.9. The quantitative estimate of drug-likeness (QED) is 0.828. The number of benzene rings is 1. The van der Waals surface area contributed by atoms with Crippen LogP contribution in [-0.2, 0) is 23.1 Å². The molecule has 2 aromatic rings. The second kappa shape index (κ2) is 6.00. The predicted octanol–water partition coefficient (Wildman–Crippen LogP) is 0.921. The summed E-state index contributed by atoms with van der Waals surface area (Å²) in [4.78, 5) is 0.119. The Morgan fingerprint density at radius 3 is 2.45 bits per heavy atom. The van der Waals surface area contributed by atoms with E-state index >= 15 is 0 Å². The molecule has 0 amide bonds. The molecule has 3 N–H and O–H groups in total. The molecule has 0 radical (unpaired) electrons. The van der Waals surface area contributed by atoms with Crippen molar-refractivity contribution in [2.24, 2.45) is 5.14 Å². The molecule has 0 aliphatic rings. The normalized spacial score (nSPS) is 11.4. The average Bonchev–Trinajstić information content (AvgIpc) is 2.86. The minimum Gasteiger partial charge on any atom is -0.309 e. The summed E-state index contributed by atoms with van der Waals surface area (Å²) in [6.07, 6.45) is 5.26. The van der Waals surface area contributed by atoms with Crippen LogP contribution in [-0.4, -0.2) is 18.2 Å². The standard InChI is InChI=1S/C13H16N4O2S/c1-2-17-10-12(9-16-17)8-15-7-11-3-5-13(6-4-11)20(14,18)19/h2-6,9-10,15H,1,7-8H2,(H2,14,18,19). The first-order valence-corrected chi connectivity index (χ1v) is 7.52. The maximum absolute atomic E-state index is 11.1. The number of primary sulfonamides is 1. The van der Waals surface area contributed by atoms with Crippen molar-refractivity contribution >= 4 is 16.2 Å². The van der Waals surface area contributed by atoms with Gasteiger partial charge in [-0.05, 0) is 17.7 Å². The second-order valence-electron chi connectivity index (χ2n) is 4.30. The van der Waals surface area contributed by atoms with Crippen molar-refractivity contribution in [2.45, 2.75) is 18.0 Å². The fourth-order valence-electron chi connectivity index (χ4n) is 1.72. The Balaban J connectivity index is 1.89. The van der Waals surface area contributed by atoms with Crippen molar-refractivity contribution in [1.29, 1.82) is 0 Å². The van der Waals surface area contributed by atoms with Crippen LogP contribution in [0.5, 0.6) is 0 Å². The van der Waals surface area contributed by atoms with Gasteiger partial charge < -0.3 is 5.32 Å². The Morgan fingerprint density at radius 1 is 1.25 bits per heavy atom. The van der Waals surface area contributed by atoms with Gasteiger partial charge in [-0.1, -0.05) is 18.7 Å². The van der Waals surface area contributed by atoms with Crippen LogP contribution in [0.4, 0.5) is 0 Å². The summed E-state index contributed by atoms with van der Waals surface area (Å²) >= 11 is 0. The summed E-state index contributed by atoms with van der Waals surface area (Å²) in [5.74, 6) is 0. The van der Waals surface area contributed by atoms with E-state index in [2.05, 4.69) is 17.0 Å². The first-order valence-electron chi connectivity index (χ1n) is 5.97. The lowest BCUT2D eigenvalue weighted by molar-refractivity contribution is 0.597. The van der Waals surface area contributed by atoms with E-state index in [1.165, 1.54) is 12.1 Å². The van der Waals surface area contributed by atoms with Gasteiger partial charge >= 0.3 is 0 Å². The highest BCUT2D eigenvalue weighted by Gasteiger charge is 2.06. The lowest BCUT2D eigenvalue weighted by Crippen LogP contribution is -2.14. The largest absolute Gasteiger partial charge is 0.309 e. The Morgan fingerprint density at radius 2 is 1.90 bits per heavy atom. The molecule has 1 heterocycles. The molecular weight excluding hydrogens is 276 g/mol. The zero-order chi connectivity index (χ0) is 14.6. The van der Waals surface area contributed by atoms with E-state index < -0.39 is 10.0 Å². The number of aromatic nitrogens is 2. The summed E-state index contributed by atoms with van der Waals surface area (Å²) in [7, 11) is -3.62. The number of hydrogen-bond acceptors (Lipinski definition) is 4. The molecule has 20 heavy (non-hydrogen) atoms. The molecule has 6 nitrogen and oxygen atoms in total. The lowest BCUT2D eigenvalue weighted by Gasteiger charge is -2.04. The third kappa shape index (κ3) is 3.77. The molecule has 106 valence electrons. The molecule has 0 aliphatic carbocycles. The van der Waals surface area contributed by atoms with E-state index in [9.17, 15) is 8.42 Å². The second-order valence-corrected chi connectivity index (χ2v) is 5.87. The molecule has 0 saturated heterocycles. The van der Waals surface area contributed by atoms with Crippen LogP contribution in [0.1, 0.15) is 11.1 Å². The van der Waals surface area contributed by atoms with Gasteiger partial charge in [0.05, 0.1) is 11.1 Å². The highest BCUT2D eigenvalue weighted by molar-refractivity contribution is 7.89. The van der Waals surface area contributed by atoms with Crippen molar-refractivity contribution in [2.75, 3.05) is 0 Å². The summed E-state index contributed by atoms with van der Waals surface area (Å²) in [6.45, 7) is 4.92. The van der Waals surface area contributed by atoms with E-state index in [0.717, 1.165) is 11.1 Å². The first kappa shape index (κ1) is 14.4. The van der Waals surface area contributed by atoms with E-state index in [4.69, 9.17) is 5.14 Å². The summed E-state index contributed by atoms with van der Waals surface area (Å²) in [5, 5.41) is 12.4.